The summed E-state index contributed by atoms with van der Waals surface area (Å²) in [6, 6.07) is 0. The maximum absolute atomic E-state index is 11.7. The van der Waals surface area contributed by atoms with Gasteiger partial charge in [-0.25, -0.2) is 0 Å². The Morgan fingerprint density at radius 2 is 2.00 bits per heavy atom. The molecular formula is C2FIS3. The van der Waals surface area contributed by atoms with Gasteiger partial charge in [-0.1, -0.05) is 12.2 Å². The lowest BCUT2D eigenvalue weighted by atomic mass is 10.9. The van der Waals surface area contributed by atoms with Crippen molar-refractivity contribution in [2.24, 2.45) is 0 Å². The highest BCUT2D eigenvalue weighted by molar-refractivity contribution is 14.2. The lowest BCUT2D eigenvalue weighted by molar-refractivity contribution is 0.847. The Bertz CT molecular complexity index is 101. The van der Waals surface area contributed by atoms with Gasteiger partial charge in [0, 0.05) is 21.2 Å². The predicted molar refractivity (Wildman–Crippen MR) is 47.9 cm³/mol. The first-order valence-electron chi connectivity index (χ1n) is 1.21. The summed E-state index contributed by atoms with van der Waals surface area (Å²) in [4.78, 5) is 0. The van der Waals surface area contributed by atoms with Crippen LogP contribution in [0.15, 0.2) is 0 Å². The van der Waals surface area contributed by atoms with E-state index in [2.05, 4.69) is 24.4 Å². The van der Waals surface area contributed by atoms with Crippen molar-refractivity contribution in [2.75, 3.05) is 0 Å². The molecule has 0 amide bonds. The summed E-state index contributed by atoms with van der Waals surface area (Å²) in [5, 5.41) is -0.686. The number of rotatable bonds is 1. The summed E-state index contributed by atoms with van der Waals surface area (Å²) in [5.41, 5.74) is 0. The SMILES string of the molecule is FC(=S)C(=S)SI. The fraction of sp³-hybridized carbons (Fsp3) is 0. The van der Waals surface area contributed by atoms with Gasteiger partial charge in [0.15, 0.2) is 0 Å². The Morgan fingerprint density at radius 1 is 1.57 bits per heavy atom. The Morgan fingerprint density at radius 3 is 2.00 bits per heavy atom. The second kappa shape index (κ2) is 4.11. The van der Waals surface area contributed by atoms with Gasteiger partial charge in [-0.3, -0.25) is 0 Å². The smallest absolute Gasteiger partial charge is 0.192 e. The normalized spacial score (nSPS) is 8.29. The Kier molecular flexibility index (Phi) is 4.81. The van der Waals surface area contributed by atoms with Crippen LogP contribution in [0.3, 0.4) is 0 Å². The summed E-state index contributed by atoms with van der Waals surface area (Å²) in [5.74, 6) is 0. The average molecular weight is 266 g/mol. The molecule has 0 aliphatic rings. The van der Waals surface area contributed by atoms with Crippen molar-refractivity contribution in [2.45, 2.75) is 0 Å². The largest absolute Gasteiger partial charge is 0.211 e. The molecule has 0 unspecified atom stereocenters. The zero-order valence-corrected chi connectivity index (χ0v) is 7.59. The maximum atomic E-state index is 11.7. The molecule has 0 aromatic heterocycles. The van der Waals surface area contributed by atoms with Gasteiger partial charge >= 0.3 is 0 Å². The van der Waals surface area contributed by atoms with E-state index in [0.717, 1.165) is 8.93 Å². The van der Waals surface area contributed by atoms with E-state index in [1.807, 2.05) is 21.2 Å². The van der Waals surface area contributed by atoms with E-state index in [1.54, 1.807) is 0 Å². The van der Waals surface area contributed by atoms with E-state index < -0.39 is 5.12 Å². The van der Waals surface area contributed by atoms with Crippen molar-refractivity contribution < 1.29 is 4.39 Å². The van der Waals surface area contributed by atoms with Crippen molar-refractivity contribution >= 4 is 63.9 Å². The van der Waals surface area contributed by atoms with Gasteiger partial charge in [0.1, 0.15) is 4.20 Å². The van der Waals surface area contributed by atoms with E-state index >= 15 is 0 Å². The molecule has 0 aromatic rings. The van der Waals surface area contributed by atoms with E-state index in [0.29, 0.717) is 0 Å². The maximum Gasteiger partial charge on any atom is 0.211 e. The molecule has 5 heteroatoms. The van der Waals surface area contributed by atoms with E-state index in [9.17, 15) is 4.39 Å². The Labute approximate surface area is 67.8 Å². The van der Waals surface area contributed by atoms with Crippen LogP contribution in [0, 0.1) is 0 Å². The Balaban J connectivity index is 3.58. The van der Waals surface area contributed by atoms with E-state index in [-0.39, 0.29) is 4.20 Å². The van der Waals surface area contributed by atoms with Gasteiger partial charge in [0.2, 0.25) is 5.12 Å². The lowest BCUT2D eigenvalue weighted by Gasteiger charge is -1.83. The molecule has 0 N–H and O–H groups in total. The number of hydrogen-bond donors (Lipinski definition) is 0. The number of halogens is 2. The topological polar surface area (TPSA) is 0 Å². The molecule has 0 aromatic carbocycles. The monoisotopic (exact) mass is 266 g/mol. The third-order valence-electron chi connectivity index (χ3n) is 0.231. The van der Waals surface area contributed by atoms with Gasteiger partial charge in [0.25, 0.3) is 0 Å². The molecule has 0 atom stereocenters. The molecule has 0 spiro atoms. The van der Waals surface area contributed by atoms with Crippen molar-refractivity contribution in [3.05, 3.63) is 0 Å². The predicted octanol–water partition coefficient (Wildman–Crippen LogP) is 2.69. The second-order valence-corrected chi connectivity index (χ2v) is 3.55. The van der Waals surface area contributed by atoms with Crippen LogP contribution in [0.5, 0.6) is 0 Å². The molecular weight excluding hydrogens is 266 g/mol. The molecule has 0 aliphatic carbocycles. The van der Waals surface area contributed by atoms with Crippen LogP contribution in [0.1, 0.15) is 0 Å². The summed E-state index contributed by atoms with van der Waals surface area (Å²) in [6.45, 7) is 0. The standard InChI is InChI=1S/C2FIS3/c3-1(5)2(6)7-4. The van der Waals surface area contributed by atoms with Crippen molar-refractivity contribution in [1.82, 2.24) is 0 Å². The van der Waals surface area contributed by atoms with Crippen molar-refractivity contribution in [3.8, 4) is 0 Å². The van der Waals surface area contributed by atoms with Crippen LogP contribution in [-0.2, 0) is 0 Å². The molecule has 0 saturated carbocycles. The number of thiocarbonyl (C=S) groups is 2. The van der Waals surface area contributed by atoms with Crippen LogP contribution in [0.25, 0.3) is 0 Å². The minimum atomic E-state index is -0.686. The minimum Gasteiger partial charge on any atom is -0.192 e. The third kappa shape index (κ3) is 3.75. The molecule has 0 radical (unpaired) electrons. The Hall–Kier alpha value is 1.19. The summed E-state index contributed by atoms with van der Waals surface area (Å²) in [6.07, 6.45) is 0. The van der Waals surface area contributed by atoms with Gasteiger partial charge in [0.05, 0.1) is 0 Å². The van der Waals surface area contributed by atoms with Gasteiger partial charge < -0.3 is 0 Å². The second-order valence-electron chi connectivity index (χ2n) is 0.638. The summed E-state index contributed by atoms with van der Waals surface area (Å²) >= 11 is 10.4. The van der Waals surface area contributed by atoms with Crippen LogP contribution < -0.4 is 0 Å². The van der Waals surface area contributed by atoms with Crippen LogP contribution in [0.4, 0.5) is 4.39 Å². The average Bonchev–Trinajstić information content (AvgIpc) is 1.65. The van der Waals surface area contributed by atoms with E-state index in [4.69, 9.17) is 0 Å². The molecule has 0 rings (SSSR count). The highest BCUT2D eigenvalue weighted by Crippen LogP contribution is 2.15. The molecule has 0 heterocycles. The van der Waals surface area contributed by atoms with Gasteiger partial charge in [-0.15, -0.1) is 0 Å². The minimum absolute atomic E-state index is 0.149. The first kappa shape index (κ1) is 8.19. The highest BCUT2D eigenvalue weighted by atomic mass is 127. The van der Waals surface area contributed by atoms with E-state index in [1.165, 1.54) is 0 Å². The van der Waals surface area contributed by atoms with Gasteiger partial charge in [-0.2, -0.15) is 4.39 Å². The van der Waals surface area contributed by atoms with Crippen LogP contribution in [0.2, 0.25) is 0 Å². The molecule has 40 valence electrons. The molecule has 0 saturated heterocycles. The first-order chi connectivity index (χ1) is 3.18. The van der Waals surface area contributed by atoms with Crippen molar-refractivity contribution in [1.29, 1.82) is 0 Å². The lowest BCUT2D eigenvalue weighted by Crippen LogP contribution is -1.91. The quantitative estimate of drug-likeness (QED) is 0.407. The van der Waals surface area contributed by atoms with Crippen molar-refractivity contribution in [3.63, 3.8) is 0 Å². The molecule has 7 heavy (non-hydrogen) atoms. The highest BCUT2D eigenvalue weighted by Gasteiger charge is 1.98. The summed E-state index contributed by atoms with van der Waals surface area (Å²) in [7, 11) is 1.12. The molecule has 0 bridgehead atoms. The molecule has 0 fully saturated rings. The third-order valence-corrected chi connectivity index (χ3v) is 3.66. The zero-order chi connectivity index (χ0) is 5.86. The van der Waals surface area contributed by atoms with Crippen LogP contribution in [-0.4, -0.2) is 9.31 Å². The first-order valence-corrected chi connectivity index (χ1v) is 5.38. The van der Waals surface area contributed by atoms with Crippen LogP contribution >= 0.6 is 54.6 Å². The fourth-order valence-corrected chi connectivity index (χ4v) is 1.24. The molecule has 0 aliphatic heterocycles. The molecule has 0 nitrogen and oxygen atoms in total. The summed E-state index contributed by atoms with van der Waals surface area (Å²) < 4.78 is 11.8. The fourth-order valence-electron chi connectivity index (χ4n) is 0.0303. The zero-order valence-electron chi connectivity index (χ0n) is 2.98. The number of hydrogen-bond acceptors (Lipinski definition) is 3. The van der Waals surface area contributed by atoms with Gasteiger partial charge in [-0.05, 0) is 21.2 Å².